The topological polar surface area (TPSA) is 88.9 Å². The minimum Gasteiger partial charge on any atom is -0.490 e. The molecule has 2 amide bonds. The summed E-state index contributed by atoms with van der Waals surface area (Å²) >= 11 is 0. The number of nitrogens with zero attached hydrogens (tertiary/aromatic N) is 2. The molecule has 0 aromatic heterocycles. The molecule has 0 saturated carbocycles. The second-order valence-corrected chi connectivity index (χ2v) is 7.22. The lowest BCUT2D eigenvalue weighted by Crippen LogP contribution is -2.42. The van der Waals surface area contributed by atoms with E-state index >= 15 is 0 Å². The first-order chi connectivity index (χ1) is 15.5. The highest BCUT2D eigenvalue weighted by Crippen LogP contribution is 2.34. The van der Waals surface area contributed by atoms with E-state index in [4.69, 9.17) is 14.2 Å². The molecular formula is C25H20N2O5. The Kier molecular flexibility index (Phi) is 5.77. The van der Waals surface area contributed by atoms with Gasteiger partial charge in [-0.1, -0.05) is 30.9 Å². The van der Waals surface area contributed by atoms with Gasteiger partial charge in [-0.15, -0.1) is 0 Å². The van der Waals surface area contributed by atoms with Gasteiger partial charge in [0.15, 0.2) is 11.5 Å². The van der Waals surface area contributed by atoms with E-state index in [9.17, 15) is 14.9 Å². The number of carbonyl (C=O) groups excluding carboxylic acids is 2. The molecule has 0 N–H and O–H groups in total. The van der Waals surface area contributed by atoms with Crippen LogP contribution >= 0.6 is 0 Å². The van der Waals surface area contributed by atoms with Crippen LogP contribution in [0, 0.1) is 11.3 Å². The summed E-state index contributed by atoms with van der Waals surface area (Å²) in [5, 5.41) is 9.58. The van der Waals surface area contributed by atoms with E-state index in [2.05, 4.69) is 6.58 Å². The first kappa shape index (κ1) is 20.9. The van der Waals surface area contributed by atoms with Crippen LogP contribution in [0.25, 0.3) is 6.08 Å². The SMILES string of the molecule is C=CCOc1ccc(/C=C2/C(=O)N(Cc3ccc4c(c3)OCO4)C(=O)C(C#N)=C2C)cc1. The monoisotopic (exact) mass is 428 g/mol. The zero-order valence-corrected chi connectivity index (χ0v) is 17.5. The molecule has 0 atom stereocenters. The van der Waals surface area contributed by atoms with E-state index in [1.165, 1.54) is 0 Å². The fraction of sp³-hybridized carbons (Fsp3) is 0.160. The Labute approximate surface area is 185 Å². The Balaban J connectivity index is 1.65. The molecule has 7 nitrogen and oxygen atoms in total. The van der Waals surface area contributed by atoms with Crippen LogP contribution in [-0.4, -0.2) is 30.1 Å². The van der Waals surface area contributed by atoms with Crippen LogP contribution in [0.1, 0.15) is 18.1 Å². The highest BCUT2D eigenvalue weighted by Gasteiger charge is 2.35. The van der Waals surface area contributed by atoms with Crippen molar-refractivity contribution in [3.8, 4) is 23.3 Å². The molecule has 2 aromatic carbocycles. The van der Waals surface area contributed by atoms with Gasteiger partial charge in [-0.25, -0.2) is 0 Å². The van der Waals surface area contributed by atoms with Crippen LogP contribution in [0.2, 0.25) is 0 Å². The molecule has 4 rings (SSSR count). The Morgan fingerprint density at radius 3 is 2.59 bits per heavy atom. The number of fused-ring (bicyclic) bond motifs is 1. The molecule has 2 aromatic rings. The smallest absolute Gasteiger partial charge is 0.271 e. The maximum absolute atomic E-state index is 13.3. The van der Waals surface area contributed by atoms with Crippen molar-refractivity contribution in [2.24, 2.45) is 0 Å². The lowest BCUT2D eigenvalue weighted by Gasteiger charge is -2.27. The van der Waals surface area contributed by atoms with E-state index < -0.39 is 11.8 Å². The number of hydrogen-bond donors (Lipinski definition) is 0. The molecule has 0 radical (unpaired) electrons. The Bertz CT molecular complexity index is 1200. The molecule has 0 saturated heterocycles. The van der Waals surface area contributed by atoms with Gasteiger partial charge in [-0.05, 0) is 54.0 Å². The minimum absolute atomic E-state index is 0.0123. The van der Waals surface area contributed by atoms with Crippen LogP contribution in [0.4, 0.5) is 0 Å². The molecule has 0 spiro atoms. The van der Waals surface area contributed by atoms with Gasteiger partial charge in [-0.3, -0.25) is 14.5 Å². The first-order valence-electron chi connectivity index (χ1n) is 9.93. The number of carbonyl (C=O) groups is 2. The Morgan fingerprint density at radius 1 is 1.12 bits per heavy atom. The highest BCUT2D eigenvalue weighted by molar-refractivity contribution is 6.19. The second kappa shape index (κ2) is 8.82. The zero-order valence-electron chi connectivity index (χ0n) is 17.5. The number of imide groups is 1. The van der Waals surface area contributed by atoms with Gasteiger partial charge in [-0.2, -0.15) is 5.26 Å². The molecule has 7 heteroatoms. The number of nitriles is 1. The van der Waals surface area contributed by atoms with Gasteiger partial charge in [0.05, 0.1) is 6.54 Å². The normalized spacial score (nSPS) is 16.4. The zero-order chi connectivity index (χ0) is 22.7. The summed E-state index contributed by atoms with van der Waals surface area (Å²) in [6.07, 6.45) is 3.32. The lowest BCUT2D eigenvalue weighted by atomic mass is 9.93. The molecule has 32 heavy (non-hydrogen) atoms. The number of amides is 2. The summed E-state index contributed by atoms with van der Waals surface area (Å²) in [6.45, 7) is 5.76. The second-order valence-electron chi connectivity index (χ2n) is 7.22. The van der Waals surface area contributed by atoms with E-state index in [-0.39, 0.29) is 18.9 Å². The van der Waals surface area contributed by atoms with Gasteiger partial charge < -0.3 is 14.2 Å². The predicted molar refractivity (Wildman–Crippen MR) is 117 cm³/mol. The molecule has 0 unspecified atom stereocenters. The van der Waals surface area contributed by atoms with Crippen LogP contribution in [0.5, 0.6) is 17.2 Å². The van der Waals surface area contributed by atoms with Crippen LogP contribution in [-0.2, 0) is 16.1 Å². The number of rotatable bonds is 6. The highest BCUT2D eigenvalue weighted by atomic mass is 16.7. The average molecular weight is 428 g/mol. The molecule has 2 aliphatic rings. The van der Waals surface area contributed by atoms with Crippen molar-refractivity contribution < 1.29 is 23.8 Å². The standard InChI is InChI=1S/C25H20N2O5/c1-3-10-30-19-7-4-17(5-8-19)11-20-16(2)21(13-26)25(29)27(24(20)28)14-18-6-9-22-23(12-18)32-15-31-22/h3-9,11-12H,1,10,14-15H2,2H3/b20-11+. The molecular weight excluding hydrogens is 408 g/mol. The van der Waals surface area contributed by atoms with Crippen LogP contribution in [0.15, 0.2) is 71.8 Å². The quantitative estimate of drug-likeness (QED) is 0.395. The van der Waals surface area contributed by atoms with Crippen molar-refractivity contribution in [2.45, 2.75) is 13.5 Å². The van der Waals surface area contributed by atoms with Crippen LogP contribution in [0.3, 0.4) is 0 Å². The summed E-state index contributed by atoms with van der Waals surface area (Å²) in [6, 6.07) is 14.3. The summed E-state index contributed by atoms with van der Waals surface area (Å²) in [5.74, 6) is 0.765. The fourth-order valence-electron chi connectivity index (χ4n) is 3.48. The van der Waals surface area contributed by atoms with E-state index in [1.807, 2.05) is 6.07 Å². The maximum Gasteiger partial charge on any atom is 0.271 e. The van der Waals surface area contributed by atoms with Gasteiger partial charge in [0, 0.05) is 5.57 Å². The van der Waals surface area contributed by atoms with Gasteiger partial charge in [0.2, 0.25) is 6.79 Å². The Morgan fingerprint density at radius 2 is 1.88 bits per heavy atom. The Hall–Kier alpha value is -4.31. The predicted octanol–water partition coefficient (Wildman–Crippen LogP) is 3.77. The van der Waals surface area contributed by atoms with Crippen molar-refractivity contribution >= 4 is 17.9 Å². The molecule has 0 bridgehead atoms. The minimum atomic E-state index is -0.613. The molecule has 0 fully saturated rings. The molecule has 0 aliphatic carbocycles. The van der Waals surface area contributed by atoms with Gasteiger partial charge >= 0.3 is 0 Å². The van der Waals surface area contributed by atoms with Crippen molar-refractivity contribution in [3.05, 3.63) is 83.0 Å². The van der Waals surface area contributed by atoms with E-state index in [0.29, 0.717) is 40.6 Å². The summed E-state index contributed by atoms with van der Waals surface area (Å²) in [7, 11) is 0. The summed E-state index contributed by atoms with van der Waals surface area (Å²) < 4.78 is 16.2. The fourth-order valence-corrected chi connectivity index (χ4v) is 3.48. The van der Waals surface area contributed by atoms with Crippen molar-refractivity contribution in [3.63, 3.8) is 0 Å². The number of ether oxygens (including phenoxy) is 3. The van der Waals surface area contributed by atoms with Crippen molar-refractivity contribution in [2.75, 3.05) is 13.4 Å². The average Bonchev–Trinajstić information content (AvgIpc) is 3.27. The molecule has 160 valence electrons. The third-order valence-corrected chi connectivity index (χ3v) is 5.16. The molecule has 2 heterocycles. The van der Waals surface area contributed by atoms with Gasteiger partial charge in [0.25, 0.3) is 11.8 Å². The van der Waals surface area contributed by atoms with E-state index in [1.54, 1.807) is 61.5 Å². The third-order valence-electron chi connectivity index (χ3n) is 5.16. The maximum atomic E-state index is 13.3. The van der Waals surface area contributed by atoms with Gasteiger partial charge in [0.1, 0.15) is 24.0 Å². The van der Waals surface area contributed by atoms with E-state index in [0.717, 1.165) is 10.5 Å². The molecule has 2 aliphatic heterocycles. The number of benzene rings is 2. The largest absolute Gasteiger partial charge is 0.490 e. The lowest BCUT2D eigenvalue weighted by molar-refractivity contribution is -0.141. The summed E-state index contributed by atoms with van der Waals surface area (Å²) in [5.41, 5.74) is 2.03. The number of hydrogen-bond acceptors (Lipinski definition) is 6. The summed E-state index contributed by atoms with van der Waals surface area (Å²) in [4.78, 5) is 27.2. The first-order valence-corrected chi connectivity index (χ1v) is 9.93. The van der Waals surface area contributed by atoms with Crippen molar-refractivity contribution in [1.29, 1.82) is 5.26 Å². The van der Waals surface area contributed by atoms with Crippen LogP contribution < -0.4 is 14.2 Å². The third kappa shape index (κ3) is 3.98. The van der Waals surface area contributed by atoms with Crippen molar-refractivity contribution in [1.82, 2.24) is 4.90 Å².